The molecule has 0 saturated heterocycles. The molecule has 0 bridgehead atoms. The lowest BCUT2D eigenvalue weighted by Gasteiger charge is -2.04. The van der Waals surface area contributed by atoms with Crippen molar-refractivity contribution in [3.8, 4) is 6.07 Å². The van der Waals surface area contributed by atoms with Crippen LogP contribution < -0.4 is 5.32 Å². The number of carbonyl (C=O) groups excluding carboxylic acids is 2. The summed E-state index contributed by atoms with van der Waals surface area (Å²) in [6, 6.07) is 10.1. The molecule has 2 rings (SSSR count). The van der Waals surface area contributed by atoms with Gasteiger partial charge in [0.05, 0.1) is 12.2 Å². The highest BCUT2D eigenvalue weighted by atomic mass is 32.1. The molecule has 2 aromatic rings. The first-order chi connectivity index (χ1) is 12.0. The molecule has 0 spiro atoms. The van der Waals surface area contributed by atoms with Crippen molar-refractivity contribution in [2.24, 2.45) is 0 Å². The Morgan fingerprint density at radius 3 is 2.52 bits per heavy atom. The van der Waals surface area contributed by atoms with Crippen LogP contribution in [0.25, 0.3) is 0 Å². The number of anilines is 1. The number of ether oxygens (including phenoxy) is 1. The Bertz CT molecular complexity index is 816. The van der Waals surface area contributed by atoms with Gasteiger partial charge < -0.3 is 10.1 Å². The molecule has 25 heavy (non-hydrogen) atoms. The molecule has 0 radical (unpaired) electrons. The molecule has 0 fully saturated rings. The number of benzene rings is 1. The number of hydrogen-bond acceptors (Lipinski definition) is 5. The molecule has 1 N–H and O–H groups in total. The van der Waals surface area contributed by atoms with E-state index in [0.29, 0.717) is 33.8 Å². The molecule has 1 aromatic carbocycles. The van der Waals surface area contributed by atoms with Gasteiger partial charge in [-0.2, -0.15) is 5.26 Å². The van der Waals surface area contributed by atoms with Crippen molar-refractivity contribution >= 4 is 28.2 Å². The number of carbonyl (C=O) groups is 2. The number of esters is 1. The highest BCUT2D eigenvalue weighted by Gasteiger charge is 2.22. The van der Waals surface area contributed by atoms with Crippen molar-refractivity contribution in [2.75, 3.05) is 11.9 Å². The molecule has 0 aliphatic heterocycles. The van der Waals surface area contributed by atoms with Gasteiger partial charge in [-0.15, -0.1) is 11.3 Å². The summed E-state index contributed by atoms with van der Waals surface area (Å²) in [5.74, 6) is -0.657. The van der Waals surface area contributed by atoms with Crippen LogP contribution in [0.15, 0.2) is 24.3 Å². The molecule has 0 saturated carbocycles. The summed E-state index contributed by atoms with van der Waals surface area (Å²) in [4.78, 5) is 24.5. The lowest BCUT2D eigenvalue weighted by molar-refractivity contribution is -0.116. The van der Waals surface area contributed by atoms with Gasteiger partial charge in [-0.25, -0.2) is 4.79 Å². The van der Waals surface area contributed by atoms with E-state index in [1.807, 2.05) is 31.2 Å². The fourth-order valence-electron chi connectivity index (χ4n) is 2.33. The maximum atomic E-state index is 12.2. The summed E-state index contributed by atoms with van der Waals surface area (Å²) in [6.07, 6.45) is 0.919. The average Bonchev–Trinajstić information content (AvgIpc) is 2.90. The predicted molar refractivity (Wildman–Crippen MR) is 97.9 cm³/mol. The molecule has 0 aliphatic rings. The highest BCUT2D eigenvalue weighted by Crippen LogP contribution is 2.33. The number of thiophene rings is 1. The third-order valence-corrected chi connectivity index (χ3v) is 4.92. The Balaban J connectivity index is 2.07. The van der Waals surface area contributed by atoms with Gasteiger partial charge in [0.25, 0.3) is 0 Å². The number of rotatable bonds is 6. The Morgan fingerprint density at radius 2 is 1.92 bits per heavy atom. The fourth-order valence-corrected chi connectivity index (χ4v) is 3.40. The van der Waals surface area contributed by atoms with E-state index in [4.69, 9.17) is 4.74 Å². The first-order valence-electron chi connectivity index (χ1n) is 8.02. The monoisotopic (exact) mass is 356 g/mol. The summed E-state index contributed by atoms with van der Waals surface area (Å²) < 4.78 is 4.99. The van der Waals surface area contributed by atoms with Gasteiger partial charge in [0.15, 0.2) is 0 Å². The third kappa shape index (κ3) is 4.68. The Kier molecular flexibility index (Phi) is 6.31. The molecule has 1 heterocycles. The van der Waals surface area contributed by atoms with Gasteiger partial charge >= 0.3 is 5.97 Å². The zero-order valence-electron chi connectivity index (χ0n) is 14.5. The number of nitrogens with one attached hydrogen (secondary N) is 1. The number of aryl methyl sites for hydroxylation is 2. The van der Waals surface area contributed by atoms with Gasteiger partial charge in [0.1, 0.15) is 15.9 Å². The average molecular weight is 356 g/mol. The summed E-state index contributed by atoms with van der Waals surface area (Å²) >= 11 is 1.08. The smallest absolute Gasteiger partial charge is 0.348 e. The van der Waals surface area contributed by atoms with Crippen molar-refractivity contribution in [1.29, 1.82) is 5.26 Å². The Labute approximate surface area is 151 Å². The van der Waals surface area contributed by atoms with Crippen molar-refractivity contribution < 1.29 is 14.3 Å². The van der Waals surface area contributed by atoms with Crippen LogP contribution in [0.3, 0.4) is 0 Å². The van der Waals surface area contributed by atoms with Crippen molar-refractivity contribution in [3.05, 3.63) is 51.4 Å². The van der Waals surface area contributed by atoms with Crippen molar-refractivity contribution in [3.63, 3.8) is 0 Å². The molecule has 0 atom stereocenters. The zero-order chi connectivity index (χ0) is 18.4. The zero-order valence-corrected chi connectivity index (χ0v) is 15.3. The Morgan fingerprint density at radius 1 is 1.24 bits per heavy atom. The van der Waals surface area contributed by atoms with E-state index in [2.05, 4.69) is 11.4 Å². The van der Waals surface area contributed by atoms with Crippen LogP contribution in [0.1, 0.15) is 45.3 Å². The summed E-state index contributed by atoms with van der Waals surface area (Å²) in [7, 11) is 0. The maximum Gasteiger partial charge on any atom is 0.348 e. The van der Waals surface area contributed by atoms with Gasteiger partial charge in [0.2, 0.25) is 5.91 Å². The first kappa shape index (κ1) is 18.7. The van der Waals surface area contributed by atoms with Crippen LogP contribution in [-0.2, 0) is 16.0 Å². The van der Waals surface area contributed by atoms with Gasteiger partial charge in [-0.3, -0.25) is 4.79 Å². The van der Waals surface area contributed by atoms with Crippen molar-refractivity contribution in [2.45, 2.75) is 33.6 Å². The number of hydrogen-bond donors (Lipinski definition) is 1. The molecular formula is C19H20N2O3S. The molecule has 0 aliphatic carbocycles. The molecule has 6 heteroatoms. The second-order valence-corrected chi connectivity index (χ2v) is 6.65. The van der Waals surface area contributed by atoms with E-state index in [9.17, 15) is 14.9 Å². The SMILES string of the molecule is CCOC(=O)c1sc(NC(=O)CCc2ccc(C)cc2)c(C#N)c1C. The first-order valence-corrected chi connectivity index (χ1v) is 8.83. The third-order valence-electron chi connectivity index (χ3n) is 3.73. The van der Waals surface area contributed by atoms with E-state index in [0.717, 1.165) is 16.9 Å². The van der Waals surface area contributed by atoms with Crippen LogP contribution in [0.2, 0.25) is 0 Å². The van der Waals surface area contributed by atoms with Crippen LogP contribution in [0.4, 0.5) is 5.00 Å². The van der Waals surface area contributed by atoms with Gasteiger partial charge in [-0.05, 0) is 38.3 Å². The molecule has 0 unspecified atom stereocenters. The lowest BCUT2D eigenvalue weighted by atomic mass is 10.1. The topological polar surface area (TPSA) is 79.2 Å². The lowest BCUT2D eigenvalue weighted by Crippen LogP contribution is -2.12. The minimum Gasteiger partial charge on any atom is -0.462 e. The fraction of sp³-hybridized carbons (Fsp3) is 0.316. The normalized spacial score (nSPS) is 10.2. The predicted octanol–water partition coefficient (Wildman–Crippen LogP) is 3.98. The van der Waals surface area contributed by atoms with E-state index >= 15 is 0 Å². The van der Waals surface area contributed by atoms with Gasteiger partial charge in [0, 0.05) is 6.42 Å². The Hall–Kier alpha value is -2.65. The maximum absolute atomic E-state index is 12.2. The minimum absolute atomic E-state index is 0.186. The second-order valence-electron chi connectivity index (χ2n) is 5.63. The summed E-state index contributed by atoms with van der Waals surface area (Å²) in [6.45, 7) is 5.68. The molecule has 1 amide bonds. The largest absolute Gasteiger partial charge is 0.462 e. The summed E-state index contributed by atoms with van der Waals surface area (Å²) in [5.41, 5.74) is 3.11. The van der Waals surface area contributed by atoms with Gasteiger partial charge in [-0.1, -0.05) is 29.8 Å². The molecule has 1 aromatic heterocycles. The van der Waals surface area contributed by atoms with E-state index in [1.165, 1.54) is 5.56 Å². The minimum atomic E-state index is -0.471. The van der Waals surface area contributed by atoms with Crippen LogP contribution >= 0.6 is 11.3 Å². The van der Waals surface area contributed by atoms with E-state index in [1.54, 1.807) is 13.8 Å². The molecule has 130 valence electrons. The highest BCUT2D eigenvalue weighted by molar-refractivity contribution is 7.18. The van der Waals surface area contributed by atoms with Crippen LogP contribution in [0.5, 0.6) is 0 Å². The quantitative estimate of drug-likeness (QED) is 0.794. The van der Waals surface area contributed by atoms with Crippen LogP contribution in [-0.4, -0.2) is 18.5 Å². The van der Waals surface area contributed by atoms with E-state index in [-0.39, 0.29) is 12.5 Å². The number of nitriles is 1. The molecular weight excluding hydrogens is 336 g/mol. The molecule has 5 nitrogen and oxygen atoms in total. The standard InChI is InChI=1S/C19H20N2O3S/c1-4-24-19(23)17-13(3)15(11-20)18(25-17)21-16(22)10-9-14-7-5-12(2)6-8-14/h5-8H,4,9-10H2,1-3H3,(H,21,22). The number of nitrogens with zero attached hydrogens (tertiary/aromatic N) is 1. The van der Waals surface area contributed by atoms with Crippen LogP contribution in [0, 0.1) is 25.2 Å². The summed E-state index contributed by atoms with van der Waals surface area (Å²) in [5, 5.41) is 12.5. The van der Waals surface area contributed by atoms with E-state index < -0.39 is 5.97 Å². The van der Waals surface area contributed by atoms with Crippen molar-refractivity contribution in [1.82, 2.24) is 0 Å². The second kappa shape index (κ2) is 8.45. The number of amides is 1.